The van der Waals surface area contributed by atoms with Gasteiger partial charge in [0.25, 0.3) is 0 Å². The van der Waals surface area contributed by atoms with Gasteiger partial charge in [-0.15, -0.1) is 5.10 Å². The number of carbonyl (C=O) groups excluding carboxylic acids is 2. The van der Waals surface area contributed by atoms with E-state index in [1.165, 1.54) is 11.1 Å². The summed E-state index contributed by atoms with van der Waals surface area (Å²) in [4.78, 5) is 27.7. The predicted octanol–water partition coefficient (Wildman–Crippen LogP) is 4.10. The molecular formula is C31H43BN4O6. The van der Waals surface area contributed by atoms with Crippen LogP contribution in [0.2, 0.25) is 6.32 Å². The summed E-state index contributed by atoms with van der Waals surface area (Å²) in [7, 11) is -0.258. The van der Waals surface area contributed by atoms with Crippen LogP contribution in [-0.2, 0) is 31.8 Å². The van der Waals surface area contributed by atoms with Gasteiger partial charge >= 0.3 is 13.1 Å². The molecule has 0 N–H and O–H groups in total. The highest BCUT2D eigenvalue weighted by Gasteiger charge is 2.67. The summed E-state index contributed by atoms with van der Waals surface area (Å²) in [5.74, 6) is 1.25. The van der Waals surface area contributed by atoms with E-state index in [0.717, 1.165) is 17.5 Å². The van der Waals surface area contributed by atoms with Crippen LogP contribution >= 0.6 is 0 Å². The highest BCUT2D eigenvalue weighted by Crippen LogP contribution is 2.65. The summed E-state index contributed by atoms with van der Waals surface area (Å²) in [5.41, 5.74) is 1.74. The third-order valence-electron chi connectivity index (χ3n) is 10.1. The molecule has 7 rings (SSSR count). The van der Waals surface area contributed by atoms with Crippen molar-refractivity contribution in [3.05, 3.63) is 41.2 Å². The summed E-state index contributed by atoms with van der Waals surface area (Å²) in [6.07, 6.45) is 6.85. The summed E-state index contributed by atoms with van der Waals surface area (Å²) in [6.45, 7) is 15.5. The number of hydrogen-bond acceptors (Lipinski definition) is 8. The van der Waals surface area contributed by atoms with E-state index in [1.807, 2.05) is 39.8 Å². The maximum atomic E-state index is 13.4. The highest BCUT2D eigenvalue weighted by atomic mass is 16.7. The van der Waals surface area contributed by atoms with Crippen molar-refractivity contribution in [1.29, 1.82) is 0 Å². The van der Waals surface area contributed by atoms with Gasteiger partial charge in [-0.2, -0.15) is 0 Å². The zero-order valence-electron chi connectivity index (χ0n) is 25.9. The van der Waals surface area contributed by atoms with Crippen LogP contribution in [0.1, 0.15) is 75.9 Å². The maximum absolute atomic E-state index is 13.4. The molecule has 1 amide bonds. The average molecular weight is 579 g/mol. The Balaban J connectivity index is 1.12. The minimum Gasteiger partial charge on any atom is -0.486 e. The van der Waals surface area contributed by atoms with E-state index >= 15 is 0 Å². The zero-order valence-corrected chi connectivity index (χ0v) is 25.9. The van der Waals surface area contributed by atoms with Gasteiger partial charge < -0.3 is 23.7 Å². The number of hydrogen-bond donors (Lipinski definition) is 0. The Labute approximate surface area is 248 Å². The molecule has 42 heavy (non-hydrogen) atoms. The molecule has 0 unspecified atom stereocenters. The van der Waals surface area contributed by atoms with Gasteiger partial charge in [0.05, 0.1) is 31.0 Å². The number of esters is 1. The van der Waals surface area contributed by atoms with Gasteiger partial charge in [0.15, 0.2) is 0 Å². The summed E-state index contributed by atoms with van der Waals surface area (Å²) in [6, 6.07) is 3.88. The number of ether oxygens (including phenoxy) is 2. The van der Waals surface area contributed by atoms with Crippen LogP contribution in [0.5, 0.6) is 5.75 Å². The Morgan fingerprint density at radius 3 is 2.60 bits per heavy atom. The normalized spacial score (nSPS) is 28.1. The van der Waals surface area contributed by atoms with Crippen molar-refractivity contribution in [2.45, 2.75) is 104 Å². The minimum absolute atomic E-state index is 0.0509. The lowest BCUT2D eigenvalue weighted by Gasteiger charge is -2.64. The molecule has 0 spiro atoms. The van der Waals surface area contributed by atoms with Crippen LogP contribution in [0.15, 0.2) is 24.5 Å². The number of amides is 1. The average Bonchev–Trinajstić information content (AvgIpc) is 3.50. The third kappa shape index (κ3) is 5.23. The summed E-state index contributed by atoms with van der Waals surface area (Å²) < 4.78 is 26.6. The van der Waals surface area contributed by atoms with Gasteiger partial charge in [-0.3, -0.25) is 4.79 Å². The minimum atomic E-state index is -0.649. The molecule has 2 aromatic rings. The van der Waals surface area contributed by atoms with E-state index in [0.29, 0.717) is 54.4 Å². The molecule has 1 aromatic heterocycles. The first-order chi connectivity index (χ1) is 19.7. The lowest BCUT2D eigenvalue weighted by molar-refractivity contribution is -0.199. The van der Waals surface area contributed by atoms with Crippen molar-refractivity contribution in [1.82, 2.24) is 19.9 Å². The number of carbonyl (C=O) groups is 2. The highest BCUT2D eigenvalue weighted by molar-refractivity contribution is 6.45. The number of rotatable bonds is 8. The van der Waals surface area contributed by atoms with E-state index in [-0.39, 0.29) is 37.4 Å². The second kappa shape index (κ2) is 10.4. The van der Waals surface area contributed by atoms with Crippen LogP contribution < -0.4 is 4.74 Å². The Kier molecular flexibility index (Phi) is 7.20. The molecule has 4 atom stereocenters. The first kappa shape index (κ1) is 29.2. The van der Waals surface area contributed by atoms with Gasteiger partial charge in [-0.05, 0) is 94.6 Å². The SMILES string of the molecule is Cc1c(CCB2O[C@@H]3C[C@@H]4C[C@@H](C4(C)C)[C@]3(C)O2)ccc(OC2CN(C(=O)Cn3ccnn3)C2)c1C(=O)OC(C)(C)C. The molecule has 1 aromatic carbocycles. The number of aryl methyl sites for hydroxylation is 1. The summed E-state index contributed by atoms with van der Waals surface area (Å²) in [5, 5.41) is 7.60. The lowest BCUT2D eigenvalue weighted by atomic mass is 9.43. The number of nitrogens with zero attached hydrogens (tertiary/aromatic N) is 4. The van der Waals surface area contributed by atoms with Gasteiger partial charge in [0.2, 0.25) is 5.91 Å². The van der Waals surface area contributed by atoms with Crippen molar-refractivity contribution in [2.75, 3.05) is 13.1 Å². The number of likely N-dealkylation sites (tertiary alicyclic amines) is 1. The van der Waals surface area contributed by atoms with Crippen LogP contribution in [-0.4, -0.2) is 75.4 Å². The fraction of sp³-hybridized carbons (Fsp3) is 0.677. The van der Waals surface area contributed by atoms with Crippen molar-refractivity contribution in [3.8, 4) is 5.75 Å². The first-order valence-corrected chi connectivity index (χ1v) is 15.2. The van der Waals surface area contributed by atoms with Crippen molar-refractivity contribution in [2.24, 2.45) is 17.3 Å². The van der Waals surface area contributed by atoms with Gasteiger partial charge in [0, 0.05) is 6.20 Å². The quantitative estimate of drug-likeness (QED) is 0.341. The smallest absolute Gasteiger partial charge is 0.457 e. The van der Waals surface area contributed by atoms with Gasteiger partial charge in [-0.1, -0.05) is 25.1 Å². The predicted molar refractivity (Wildman–Crippen MR) is 156 cm³/mol. The Morgan fingerprint density at radius 2 is 1.93 bits per heavy atom. The molecule has 10 nitrogen and oxygen atoms in total. The van der Waals surface area contributed by atoms with Crippen molar-refractivity contribution in [3.63, 3.8) is 0 Å². The molecule has 3 saturated carbocycles. The summed E-state index contributed by atoms with van der Waals surface area (Å²) >= 11 is 0. The van der Waals surface area contributed by atoms with E-state index in [2.05, 4.69) is 31.1 Å². The lowest BCUT2D eigenvalue weighted by Crippen LogP contribution is -2.65. The molecule has 2 aliphatic heterocycles. The molecule has 2 saturated heterocycles. The second-order valence-electron chi connectivity index (χ2n) is 14.3. The molecular weight excluding hydrogens is 535 g/mol. The first-order valence-electron chi connectivity index (χ1n) is 15.2. The molecule has 11 heteroatoms. The molecule has 226 valence electrons. The fourth-order valence-corrected chi connectivity index (χ4v) is 7.48. The molecule has 3 aliphatic carbocycles. The molecule has 5 aliphatic rings. The van der Waals surface area contributed by atoms with Crippen LogP contribution in [0.3, 0.4) is 0 Å². The van der Waals surface area contributed by atoms with E-state index in [1.54, 1.807) is 17.3 Å². The van der Waals surface area contributed by atoms with Crippen LogP contribution in [0, 0.1) is 24.2 Å². The molecule has 2 bridgehead atoms. The van der Waals surface area contributed by atoms with E-state index < -0.39 is 11.6 Å². The van der Waals surface area contributed by atoms with Crippen LogP contribution in [0.4, 0.5) is 0 Å². The van der Waals surface area contributed by atoms with Gasteiger partial charge in [-0.25, -0.2) is 9.48 Å². The number of aromatic nitrogens is 3. The van der Waals surface area contributed by atoms with Crippen LogP contribution in [0.25, 0.3) is 0 Å². The largest absolute Gasteiger partial charge is 0.486 e. The zero-order chi connectivity index (χ0) is 30.0. The van der Waals surface area contributed by atoms with Crippen molar-refractivity contribution >= 4 is 19.0 Å². The molecule has 5 fully saturated rings. The Hall–Kier alpha value is -2.92. The standard InChI is InChI=1S/C31H43BN4O6/c1-19-20(10-11-32-41-25-15-21-14-24(30(21,5)6)31(25,7)42-32)8-9-23(27(19)28(38)40-29(2,3)4)39-22-16-35(17-22)26(37)18-36-13-12-33-34-36/h8-9,12-13,21-22,24-25H,10-11,14-18H2,1-7H3/t21-,24-,25+,31-/m0/s1. The van der Waals surface area contributed by atoms with E-state index in [4.69, 9.17) is 18.8 Å². The molecule has 0 radical (unpaired) electrons. The Morgan fingerprint density at radius 1 is 1.17 bits per heavy atom. The van der Waals surface area contributed by atoms with Crippen molar-refractivity contribution < 1.29 is 28.4 Å². The third-order valence-corrected chi connectivity index (χ3v) is 10.1. The Bertz CT molecular complexity index is 1350. The van der Waals surface area contributed by atoms with E-state index in [9.17, 15) is 9.59 Å². The topological polar surface area (TPSA) is 105 Å². The maximum Gasteiger partial charge on any atom is 0.457 e. The monoisotopic (exact) mass is 578 g/mol. The van der Waals surface area contributed by atoms with Gasteiger partial charge in [0.1, 0.15) is 29.6 Å². The fourth-order valence-electron chi connectivity index (χ4n) is 7.48. The molecule has 3 heterocycles. The second-order valence-corrected chi connectivity index (χ2v) is 14.3. The number of benzene rings is 1.